The Labute approximate surface area is 173 Å². The molecule has 1 amide bonds. The molecule has 1 saturated heterocycles. The highest BCUT2D eigenvalue weighted by Crippen LogP contribution is 2.27. The van der Waals surface area contributed by atoms with Crippen LogP contribution in [0.5, 0.6) is 0 Å². The first-order valence-corrected chi connectivity index (χ1v) is 10.9. The van der Waals surface area contributed by atoms with Crippen molar-refractivity contribution >= 4 is 33.6 Å². The fraction of sp³-hybridized carbons (Fsp3) is 0.450. The van der Waals surface area contributed by atoms with E-state index in [-0.39, 0.29) is 11.9 Å². The van der Waals surface area contributed by atoms with Crippen LogP contribution >= 0.6 is 27.7 Å². The Morgan fingerprint density at radius 1 is 1.26 bits per heavy atom. The second kappa shape index (κ2) is 10.3. The molecule has 146 valence electrons. The Hall–Kier alpha value is -1.28. The number of carbonyl (C=O) groups is 1. The first-order valence-electron chi connectivity index (χ1n) is 9.15. The van der Waals surface area contributed by atoms with Crippen LogP contribution in [0.25, 0.3) is 0 Å². The average molecular weight is 453 g/mol. The lowest BCUT2D eigenvalue weighted by molar-refractivity contribution is -0.121. The number of amides is 1. The summed E-state index contributed by atoms with van der Waals surface area (Å²) in [7, 11) is 0. The van der Waals surface area contributed by atoms with Crippen LogP contribution in [-0.4, -0.2) is 49.4 Å². The lowest BCUT2D eigenvalue weighted by atomic mass is 10.1. The molecule has 7 heteroatoms. The highest BCUT2D eigenvalue weighted by molar-refractivity contribution is 9.10. The Balaban J connectivity index is 1.50. The maximum absolute atomic E-state index is 12.3. The molecule has 1 aliphatic heterocycles. The minimum atomic E-state index is 0.0440. The van der Waals surface area contributed by atoms with E-state index in [0.29, 0.717) is 26.2 Å². The first kappa shape index (κ1) is 20.5. The molecular weight excluding hydrogens is 428 g/mol. The van der Waals surface area contributed by atoms with E-state index in [9.17, 15) is 4.79 Å². The van der Waals surface area contributed by atoms with Gasteiger partial charge in [0.1, 0.15) is 11.5 Å². The maximum atomic E-state index is 12.3. The number of thioether (sulfide) groups is 1. The number of carbonyl (C=O) groups excluding carboxylic acids is 1. The van der Waals surface area contributed by atoms with Crippen LogP contribution < -0.4 is 5.32 Å². The van der Waals surface area contributed by atoms with Gasteiger partial charge in [0.15, 0.2) is 0 Å². The monoisotopic (exact) mass is 452 g/mol. The number of morpholine rings is 1. The number of halogens is 1. The van der Waals surface area contributed by atoms with Crippen LogP contribution in [0.15, 0.2) is 50.2 Å². The summed E-state index contributed by atoms with van der Waals surface area (Å²) in [5.74, 6) is 2.60. The largest absolute Gasteiger partial charge is 0.465 e. The van der Waals surface area contributed by atoms with Crippen LogP contribution in [0.4, 0.5) is 0 Å². The van der Waals surface area contributed by atoms with Crippen molar-refractivity contribution in [1.82, 2.24) is 10.2 Å². The first-order chi connectivity index (χ1) is 13.1. The predicted octanol–water partition coefficient (Wildman–Crippen LogP) is 4.02. The molecule has 0 aliphatic carbocycles. The number of nitrogens with zero attached hydrogens (tertiary/aromatic N) is 1. The van der Waals surface area contributed by atoms with Gasteiger partial charge in [-0.3, -0.25) is 9.69 Å². The standard InChI is InChI=1S/C20H25BrN2O3S/c1-15-6-7-18(26-15)17(23-9-11-25-12-10-23)14-22-20(24)8-13-27-19-5-3-2-4-16(19)21/h2-7,17H,8-14H2,1H3,(H,22,24). The number of benzene rings is 1. The van der Waals surface area contributed by atoms with E-state index >= 15 is 0 Å². The number of nitrogens with one attached hydrogen (secondary N) is 1. The van der Waals surface area contributed by atoms with Gasteiger partial charge in [0, 0.05) is 41.2 Å². The zero-order valence-electron chi connectivity index (χ0n) is 15.4. The lowest BCUT2D eigenvalue weighted by Crippen LogP contribution is -2.43. The van der Waals surface area contributed by atoms with Gasteiger partial charge in [0.05, 0.1) is 19.3 Å². The van der Waals surface area contributed by atoms with Crippen molar-refractivity contribution in [3.8, 4) is 0 Å². The highest BCUT2D eigenvalue weighted by atomic mass is 79.9. The topological polar surface area (TPSA) is 54.7 Å². The molecule has 1 aliphatic rings. The van der Waals surface area contributed by atoms with Gasteiger partial charge in [0.25, 0.3) is 0 Å². The molecule has 0 radical (unpaired) electrons. The van der Waals surface area contributed by atoms with E-state index in [2.05, 4.69) is 32.2 Å². The molecule has 1 atom stereocenters. The summed E-state index contributed by atoms with van der Waals surface area (Å²) in [4.78, 5) is 15.8. The molecule has 1 fully saturated rings. The van der Waals surface area contributed by atoms with Crippen molar-refractivity contribution in [1.29, 1.82) is 0 Å². The van der Waals surface area contributed by atoms with Gasteiger partial charge in [-0.15, -0.1) is 11.8 Å². The van der Waals surface area contributed by atoms with Gasteiger partial charge in [-0.2, -0.15) is 0 Å². The molecule has 2 aromatic rings. The summed E-state index contributed by atoms with van der Waals surface area (Å²) >= 11 is 5.22. The van der Waals surface area contributed by atoms with Crippen LogP contribution in [0, 0.1) is 6.92 Å². The van der Waals surface area contributed by atoms with Crippen LogP contribution in [0.3, 0.4) is 0 Å². The molecule has 2 heterocycles. The third-order valence-corrected chi connectivity index (χ3v) is 6.52. The van der Waals surface area contributed by atoms with Crippen molar-refractivity contribution in [2.45, 2.75) is 24.3 Å². The number of aryl methyl sites for hydroxylation is 1. The molecule has 0 spiro atoms. The fourth-order valence-electron chi connectivity index (χ4n) is 3.05. The third-order valence-electron chi connectivity index (χ3n) is 4.49. The van der Waals surface area contributed by atoms with E-state index in [1.807, 2.05) is 37.3 Å². The molecule has 0 saturated carbocycles. The van der Waals surface area contributed by atoms with E-state index in [1.54, 1.807) is 11.8 Å². The van der Waals surface area contributed by atoms with E-state index < -0.39 is 0 Å². The number of furan rings is 1. The smallest absolute Gasteiger partial charge is 0.220 e. The maximum Gasteiger partial charge on any atom is 0.220 e. The van der Waals surface area contributed by atoms with Gasteiger partial charge in [-0.25, -0.2) is 0 Å². The van der Waals surface area contributed by atoms with E-state index in [1.165, 1.54) is 0 Å². The lowest BCUT2D eigenvalue weighted by Gasteiger charge is -2.33. The van der Waals surface area contributed by atoms with Crippen molar-refractivity contribution in [2.24, 2.45) is 0 Å². The molecular formula is C20H25BrN2O3S. The van der Waals surface area contributed by atoms with Crippen LogP contribution in [-0.2, 0) is 9.53 Å². The summed E-state index contributed by atoms with van der Waals surface area (Å²) < 4.78 is 12.4. The molecule has 27 heavy (non-hydrogen) atoms. The van der Waals surface area contributed by atoms with Crippen molar-refractivity contribution in [3.63, 3.8) is 0 Å². The average Bonchev–Trinajstić information content (AvgIpc) is 3.10. The Morgan fingerprint density at radius 3 is 2.74 bits per heavy atom. The quantitative estimate of drug-likeness (QED) is 0.612. The third kappa shape index (κ3) is 6.10. The molecule has 0 bridgehead atoms. The SMILES string of the molecule is Cc1ccc(C(CNC(=O)CCSc2ccccc2Br)N2CCOCC2)o1. The normalized spacial score (nSPS) is 16.2. The summed E-state index contributed by atoms with van der Waals surface area (Å²) in [6.07, 6.45) is 0.485. The molecule has 5 nitrogen and oxygen atoms in total. The molecule has 1 N–H and O–H groups in total. The molecule has 1 aromatic carbocycles. The predicted molar refractivity (Wildman–Crippen MR) is 111 cm³/mol. The molecule has 3 rings (SSSR count). The fourth-order valence-corrected chi connectivity index (χ4v) is 4.56. The molecule has 1 unspecified atom stereocenters. The Kier molecular flexibility index (Phi) is 7.81. The summed E-state index contributed by atoms with van der Waals surface area (Å²) in [5.41, 5.74) is 0. The summed E-state index contributed by atoms with van der Waals surface area (Å²) in [6, 6.07) is 12.1. The Bertz CT molecular complexity index is 746. The summed E-state index contributed by atoms with van der Waals surface area (Å²) in [6.45, 7) is 5.61. The van der Waals surface area contributed by atoms with Gasteiger partial charge < -0.3 is 14.5 Å². The van der Waals surface area contributed by atoms with Gasteiger partial charge in [-0.1, -0.05) is 12.1 Å². The number of hydrogen-bond acceptors (Lipinski definition) is 5. The van der Waals surface area contributed by atoms with E-state index in [4.69, 9.17) is 9.15 Å². The van der Waals surface area contributed by atoms with Crippen molar-refractivity contribution in [3.05, 3.63) is 52.4 Å². The van der Waals surface area contributed by atoms with E-state index in [0.717, 1.165) is 39.7 Å². The van der Waals surface area contributed by atoms with Crippen molar-refractivity contribution < 1.29 is 13.9 Å². The van der Waals surface area contributed by atoms with Crippen LogP contribution in [0.1, 0.15) is 24.0 Å². The minimum Gasteiger partial charge on any atom is -0.465 e. The molecule has 1 aromatic heterocycles. The minimum absolute atomic E-state index is 0.0440. The second-order valence-electron chi connectivity index (χ2n) is 6.45. The Morgan fingerprint density at radius 2 is 2.04 bits per heavy atom. The van der Waals surface area contributed by atoms with Gasteiger partial charge >= 0.3 is 0 Å². The highest BCUT2D eigenvalue weighted by Gasteiger charge is 2.25. The zero-order valence-corrected chi connectivity index (χ0v) is 17.9. The van der Waals surface area contributed by atoms with Crippen LogP contribution in [0.2, 0.25) is 0 Å². The van der Waals surface area contributed by atoms with Crippen molar-refractivity contribution in [2.75, 3.05) is 38.6 Å². The van der Waals surface area contributed by atoms with Gasteiger partial charge in [-0.05, 0) is 47.1 Å². The number of hydrogen-bond donors (Lipinski definition) is 1. The summed E-state index contributed by atoms with van der Waals surface area (Å²) in [5, 5.41) is 3.08. The second-order valence-corrected chi connectivity index (χ2v) is 8.44. The van der Waals surface area contributed by atoms with Gasteiger partial charge in [0.2, 0.25) is 5.91 Å². The number of ether oxygens (including phenoxy) is 1. The zero-order chi connectivity index (χ0) is 19.1. The number of rotatable bonds is 8.